The van der Waals surface area contributed by atoms with E-state index in [0.717, 1.165) is 11.4 Å². The zero-order chi connectivity index (χ0) is 24.1. The zero-order valence-electron chi connectivity index (χ0n) is 19.0. The number of rotatable bonds is 8. The standard InChI is InChI=1S/C27H25NO6/c1-3-32-27(31)19-9-11-20(12-10-19)34-24-17-33-26-21(25(24)30)13-14-23(29)22(26)16-28(2)15-18-7-5-4-6-8-18/h4-14,17,29H,3,15-16H2,1-2H3/p+1. The van der Waals surface area contributed by atoms with Gasteiger partial charge in [0, 0.05) is 5.56 Å². The van der Waals surface area contributed by atoms with Gasteiger partial charge < -0.3 is 23.9 Å². The molecule has 0 amide bonds. The Bertz CT molecular complexity index is 1350. The lowest BCUT2D eigenvalue weighted by Gasteiger charge is -2.16. The van der Waals surface area contributed by atoms with Gasteiger partial charge in [-0.2, -0.15) is 0 Å². The van der Waals surface area contributed by atoms with Crippen LogP contribution in [0.25, 0.3) is 11.0 Å². The number of esters is 1. The molecule has 0 aliphatic heterocycles. The number of carbonyl (C=O) groups is 1. The van der Waals surface area contributed by atoms with Crippen molar-refractivity contribution in [2.24, 2.45) is 0 Å². The maximum Gasteiger partial charge on any atom is 0.338 e. The molecule has 2 N–H and O–H groups in total. The predicted octanol–water partition coefficient (Wildman–Crippen LogP) is 3.68. The molecular weight excluding hydrogens is 434 g/mol. The van der Waals surface area contributed by atoms with Gasteiger partial charge in [0.25, 0.3) is 0 Å². The van der Waals surface area contributed by atoms with Crippen molar-refractivity contribution in [2.45, 2.75) is 20.0 Å². The van der Waals surface area contributed by atoms with E-state index in [-0.39, 0.29) is 23.5 Å². The molecular formula is C27H26NO6+. The molecule has 3 aromatic carbocycles. The fourth-order valence-electron chi connectivity index (χ4n) is 3.78. The van der Waals surface area contributed by atoms with Crippen LogP contribution in [0.4, 0.5) is 0 Å². The van der Waals surface area contributed by atoms with Gasteiger partial charge in [-0.25, -0.2) is 4.79 Å². The van der Waals surface area contributed by atoms with E-state index in [1.54, 1.807) is 31.2 Å². The van der Waals surface area contributed by atoms with Crippen molar-refractivity contribution in [3.8, 4) is 17.2 Å². The number of benzene rings is 3. The number of hydrogen-bond donors (Lipinski definition) is 2. The molecule has 0 saturated heterocycles. The molecule has 1 unspecified atom stereocenters. The number of phenols is 1. The lowest BCUT2D eigenvalue weighted by Crippen LogP contribution is -3.06. The summed E-state index contributed by atoms with van der Waals surface area (Å²) in [6, 6.07) is 19.4. The molecule has 1 aromatic heterocycles. The van der Waals surface area contributed by atoms with Gasteiger partial charge in [0.1, 0.15) is 30.9 Å². The van der Waals surface area contributed by atoms with Crippen molar-refractivity contribution in [3.63, 3.8) is 0 Å². The third-order valence-corrected chi connectivity index (χ3v) is 5.41. The van der Waals surface area contributed by atoms with Gasteiger partial charge >= 0.3 is 5.97 Å². The topological polar surface area (TPSA) is 90.4 Å². The summed E-state index contributed by atoms with van der Waals surface area (Å²) in [5.41, 5.74) is 2.11. The van der Waals surface area contributed by atoms with E-state index in [9.17, 15) is 14.7 Å². The van der Waals surface area contributed by atoms with Gasteiger partial charge in [0.2, 0.25) is 11.2 Å². The minimum Gasteiger partial charge on any atom is -0.507 e. The van der Waals surface area contributed by atoms with Crippen molar-refractivity contribution in [2.75, 3.05) is 13.7 Å². The van der Waals surface area contributed by atoms with Gasteiger partial charge in [-0.15, -0.1) is 0 Å². The van der Waals surface area contributed by atoms with Crippen molar-refractivity contribution >= 4 is 16.9 Å². The van der Waals surface area contributed by atoms with Gasteiger partial charge in [0.15, 0.2) is 5.58 Å². The molecule has 0 aliphatic rings. The van der Waals surface area contributed by atoms with Crippen LogP contribution in [-0.4, -0.2) is 24.7 Å². The maximum atomic E-state index is 13.1. The van der Waals surface area contributed by atoms with E-state index in [2.05, 4.69) is 12.1 Å². The van der Waals surface area contributed by atoms with Crippen LogP contribution in [0.5, 0.6) is 17.2 Å². The number of fused-ring (bicyclic) bond motifs is 1. The molecule has 174 valence electrons. The van der Waals surface area contributed by atoms with E-state index in [1.807, 2.05) is 25.2 Å². The van der Waals surface area contributed by atoms with Crippen molar-refractivity contribution in [3.05, 3.63) is 99.9 Å². The molecule has 0 fully saturated rings. The van der Waals surface area contributed by atoms with Crippen LogP contribution in [0.3, 0.4) is 0 Å². The summed E-state index contributed by atoms with van der Waals surface area (Å²) in [6.07, 6.45) is 1.25. The average Bonchev–Trinajstić information content (AvgIpc) is 2.84. The fourth-order valence-corrected chi connectivity index (χ4v) is 3.78. The highest BCUT2D eigenvalue weighted by Crippen LogP contribution is 2.28. The Hall–Kier alpha value is -4.10. The Morgan fingerprint density at radius 3 is 2.44 bits per heavy atom. The van der Waals surface area contributed by atoms with Crippen LogP contribution in [-0.2, 0) is 17.8 Å². The van der Waals surface area contributed by atoms with Gasteiger partial charge in [-0.3, -0.25) is 4.79 Å². The summed E-state index contributed by atoms with van der Waals surface area (Å²) in [4.78, 5) is 26.0. The van der Waals surface area contributed by atoms with E-state index in [1.165, 1.54) is 24.0 Å². The van der Waals surface area contributed by atoms with Gasteiger partial charge in [-0.05, 0) is 43.3 Å². The summed E-state index contributed by atoms with van der Waals surface area (Å²) in [5, 5.41) is 10.8. The maximum absolute atomic E-state index is 13.1. The molecule has 7 nitrogen and oxygen atoms in total. The highest BCUT2D eigenvalue weighted by Gasteiger charge is 2.18. The third-order valence-electron chi connectivity index (χ3n) is 5.41. The molecule has 0 bridgehead atoms. The second-order valence-electron chi connectivity index (χ2n) is 8.01. The molecule has 4 rings (SSSR count). The number of aromatic hydroxyl groups is 1. The average molecular weight is 461 g/mol. The van der Waals surface area contributed by atoms with Crippen molar-refractivity contribution in [1.82, 2.24) is 0 Å². The molecule has 4 aromatic rings. The largest absolute Gasteiger partial charge is 0.507 e. The Kier molecular flexibility index (Phi) is 6.94. The van der Waals surface area contributed by atoms with Crippen LogP contribution >= 0.6 is 0 Å². The highest BCUT2D eigenvalue weighted by molar-refractivity contribution is 5.89. The normalized spacial score (nSPS) is 11.8. The molecule has 34 heavy (non-hydrogen) atoms. The number of ether oxygens (including phenoxy) is 2. The summed E-state index contributed by atoms with van der Waals surface area (Å²) in [5.74, 6) is 0.0426. The Morgan fingerprint density at radius 2 is 1.74 bits per heavy atom. The lowest BCUT2D eigenvalue weighted by molar-refractivity contribution is -0.907. The minimum atomic E-state index is -0.425. The number of nitrogens with one attached hydrogen (secondary N) is 1. The molecule has 0 spiro atoms. The Labute approximate surface area is 196 Å². The SMILES string of the molecule is CCOC(=O)c1ccc(Oc2coc3c(C[NH+](C)Cc4ccccc4)c(O)ccc3c2=O)cc1. The smallest absolute Gasteiger partial charge is 0.338 e. The van der Waals surface area contributed by atoms with Crippen molar-refractivity contribution < 1.29 is 28.7 Å². The van der Waals surface area contributed by atoms with Crippen LogP contribution < -0.4 is 15.1 Å². The van der Waals surface area contributed by atoms with Gasteiger partial charge in [-0.1, -0.05) is 30.3 Å². The first kappa shape index (κ1) is 23.1. The lowest BCUT2D eigenvalue weighted by atomic mass is 10.1. The number of phenolic OH excluding ortho intramolecular Hbond substituents is 1. The Balaban J connectivity index is 1.57. The van der Waals surface area contributed by atoms with E-state index >= 15 is 0 Å². The molecule has 7 heteroatoms. The number of quaternary nitrogens is 1. The second-order valence-corrected chi connectivity index (χ2v) is 8.01. The van der Waals surface area contributed by atoms with Crippen LogP contribution in [0.15, 0.2) is 82.2 Å². The number of carbonyl (C=O) groups excluding carboxylic acids is 1. The quantitative estimate of drug-likeness (QED) is 0.390. The minimum absolute atomic E-state index is 0.0120. The van der Waals surface area contributed by atoms with E-state index in [4.69, 9.17) is 13.9 Å². The van der Waals surface area contributed by atoms with Crippen LogP contribution in [0.1, 0.15) is 28.4 Å². The van der Waals surface area contributed by atoms with E-state index < -0.39 is 5.97 Å². The molecule has 0 aliphatic carbocycles. The summed E-state index contributed by atoms with van der Waals surface area (Å²) < 4.78 is 16.5. The first-order valence-electron chi connectivity index (χ1n) is 11.0. The van der Waals surface area contributed by atoms with Crippen LogP contribution in [0.2, 0.25) is 0 Å². The molecule has 0 saturated carbocycles. The predicted molar refractivity (Wildman–Crippen MR) is 127 cm³/mol. The fraction of sp³-hybridized carbons (Fsp3) is 0.185. The first-order chi connectivity index (χ1) is 16.5. The van der Waals surface area contributed by atoms with Crippen LogP contribution in [0, 0.1) is 0 Å². The summed E-state index contributed by atoms with van der Waals surface area (Å²) in [6.45, 7) is 3.25. The van der Waals surface area contributed by atoms with E-state index in [0.29, 0.717) is 34.4 Å². The Morgan fingerprint density at radius 1 is 1.00 bits per heavy atom. The monoisotopic (exact) mass is 460 g/mol. The summed E-state index contributed by atoms with van der Waals surface area (Å²) in [7, 11) is 2.01. The highest BCUT2D eigenvalue weighted by atomic mass is 16.5. The molecule has 0 radical (unpaired) electrons. The number of hydrogen-bond acceptors (Lipinski definition) is 6. The zero-order valence-corrected chi connectivity index (χ0v) is 19.0. The van der Waals surface area contributed by atoms with Crippen molar-refractivity contribution in [1.29, 1.82) is 0 Å². The van der Waals surface area contributed by atoms with Gasteiger partial charge in [0.05, 0.1) is 30.2 Å². The molecule has 1 heterocycles. The second kappa shape index (κ2) is 10.2. The molecule has 1 atom stereocenters. The first-order valence-corrected chi connectivity index (χ1v) is 11.0. The summed E-state index contributed by atoms with van der Waals surface area (Å²) >= 11 is 0. The third kappa shape index (κ3) is 5.10.